The normalized spacial score (nSPS) is 11.8. The fourth-order valence-corrected chi connectivity index (χ4v) is 2.44. The lowest BCUT2D eigenvalue weighted by molar-refractivity contribution is 0.480. The minimum Gasteiger partial charge on any atom is -0.282 e. The summed E-state index contributed by atoms with van der Waals surface area (Å²) in [5, 5.41) is 0. The predicted octanol–water partition coefficient (Wildman–Crippen LogP) is -0.0964. The zero-order chi connectivity index (χ0) is 10.1. The lowest BCUT2D eigenvalue weighted by Gasteiger charge is -1.98. The molecule has 13 heavy (non-hydrogen) atoms. The zero-order valence-electron chi connectivity index (χ0n) is 6.25. The third kappa shape index (κ3) is 2.27. The summed E-state index contributed by atoms with van der Waals surface area (Å²) in [6.07, 6.45) is 0. The lowest BCUT2D eigenvalue weighted by atomic mass is 10.4. The highest BCUT2D eigenvalue weighted by atomic mass is 32.2. The van der Waals surface area contributed by atoms with E-state index in [0.717, 1.165) is 12.1 Å². The van der Waals surface area contributed by atoms with Gasteiger partial charge < -0.3 is 0 Å². The summed E-state index contributed by atoms with van der Waals surface area (Å²) in [7, 11) is -7.48. The molecule has 0 aliphatic heterocycles. The minimum absolute atomic E-state index is 0.403. The van der Waals surface area contributed by atoms with Crippen LogP contribution in [0.1, 0.15) is 0 Å². The van der Waals surface area contributed by atoms with E-state index in [4.69, 9.17) is 4.55 Å². The molecule has 0 unspecified atom stereocenters. The van der Waals surface area contributed by atoms with E-state index in [2.05, 4.69) is 0 Å². The van der Waals surface area contributed by atoms with E-state index in [0.29, 0.717) is 0 Å². The molecule has 1 rings (SSSR count). The Morgan fingerprint density at radius 1 is 1.15 bits per heavy atom. The van der Waals surface area contributed by atoms with Crippen molar-refractivity contribution in [3.8, 4) is 0 Å². The van der Waals surface area contributed by atoms with Crippen LogP contribution in [-0.2, 0) is 20.8 Å². The van der Waals surface area contributed by atoms with Gasteiger partial charge in [0.25, 0.3) is 10.1 Å². The van der Waals surface area contributed by atoms with Gasteiger partial charge in [-0.25, -0.2) is 8.42 Å². The standard InChI is InChI=1S/C6H6O5S2/c7-12(8)5-3-1-2-4-6(5)13(9,10)11/h1-4,12H,(H,9,10,11). The fourth-order valence-electron chi connectivity index (χ4n) is 0.826. The molecule has 1 aromatic carbocycles. The number of hydrogen-bond acceptors (Lipinski definition) is 4. The molecule has 1 aromatic rings. The van der Waals surface area contributed by atoms with E-state index < -0.39 is 30.6 Å². The Kier molecular flexibility index (Phi) is 2.69. The van der Waals surface area contributed by atoms with Crippen molar-refractivity contribution in [1.82, 2.24) is 0 Å². The highest BCUT2D eigenvalue weighted by Crippen LogP contribution is 2.15. The van der Waals surface area contributed by atoms with Crippen molar-refractivity contribution in [3.05, 3.63) is 24.3 Å². The van der Waals surface area contributed by atoms with Crippen molar-refractivity contribution in [2.45, 2.75) is 9.79 Å². The first-order chi connectivity index (χ1) is 5.93. The smallest absolute Gasteiger partial charge is 0.282 e. The first-order valence-electron chi connectivity index (χ1n) is 3.14. The largest absolute Gasteiger partial charge is 0.295 e. The van der Waals surface area contributed by atoms with Crippen molar-refractivity contribution in [2.75, 3.05) is 0 Å². The summed E-state index contributed by atoms with van der Waals surface area (Å²) in [5.41, 5.74) is 0. The molecule has 0 aromatic heterocycles. The maximum atomic E-state index is 10.6. The Morgan fingerprint density at radius 2 is 1.69 bits per heavy atom. The molecule has 0 fully saturated rings. The van der Waals surface area contributed by atoms with Gasteiger partial charge in [0, 0.05) is 0 Å². The monoisotopic (exact) mass is 222 g/mol. The SMILES string of the molecule is O=[SH](=O)c1ccccc1S(=O)(=O)O. The van der Waals surface area contributed by atoms with Gasteiger partial charge in [0.15, 0.2) is 10.7 Å². The highest BCUT2D eigenvalue weighted by molar-refractivity contribution is 7.86. The highest BCUT2D eigenvalue weighted by Gasteiger charge is 2.15. The van der Waals surface area contributed by atoms with Gasteiger partial charge in [0.1, 0.15) is 4.90 Å². The maximum absolute atomic E-state index is 10.6. The predicted molar refractivity (Wildman–Crippen MR) is 44.8 cm³/mol. The van der Waals surface area contributed by atoms with E-state index in [1.165, 1.54) is 12.1 Å². The van der Waals surface area contributed by atoms with Gasteiger partial charge in [-0.2, -0.15) is 8.42 Å². The van der Waals surface area contributed by atoms with Gasteiger partial charge >= 0.3 is 0 Å². The maximum Gasteiger partial charge on any atom is 0.295 e. The van der Waals surface area contributed by atoms with E-state index in [-0.39, 0.29) is 0 Å². The van der Waals surface area contributed by atoms with Crippen LogP contribution in [0.4, 0.5) is 0 Å². The molecule has 0 saturated heterocycles. The molecule has 0 aliphatic rings. The van der Waals surface area contributed by atoms with E-state index in [1.807, 2.05) is 0 Å². The summed E-state index contributed by atoms with van der Waals surface area (Å²) >= 11 is 0. The zero-order valence-corrected chi connectivity index (χ0v) is 7.96. The summed E-state index contributed by atoms with van der Waals surface area (Å²) in [4.78, 5) is -0.994. The van der Waals surface area contributed by atoms with Crippen LogP contribution < -0.4 is 0 Å². The van der Waals surface area contributed by atoms with Crippen LogP contribution in [0.3, 0.4) is 0 Å². The molecular formula is C6H6O5S2. The topological polar surface area (TPSA) is 88.5 Å². The Morgan fingerprint density at radius 3 is 2.08 bits per heavy atom. The first kappa shape index (κ1) is 10.2. The summed E-state index contributed by atoms with van der Waals surface area (Å²) in [6, 6.07) is 4.82. The summed E-state index contributed by atoms with van der Waals surface area (Å²) in [6.45, 7) is 0. The van der Waals surface area contributed by atoms with Crippen molar-refractivity contribution in [3.63, 3.8) is 0 Å². The van der Waals surface area contributed by atoms with E-state index in [9.17, 15) is 16.8 Å². The van der Waals surface area contributed by atoms with Gasteiger partial charge in [0.2, 0.25) is 0 Å². The first-order valence-corrected chi connectivity index (χ1v) is 5.75. The summed E-state index contributed by atoms with van der Waals surface area (Å²) in [5.74, 6) is 0. The van der Waals surface area contributed by atoms with Crippen LogP contribution in [-0.4, -0.2) is 21.4 Å². The lowest BCUT2D eigenvalue weighted by Crippen LogP contribution is -2.01. The molecule has 5 nitrogen and oxygen atoms in total. The van der Waals surface area contributed by atoms with Gasteiger partial charge in [-0.05, 0) is 12.1 Å². The van der Waals surface area contributed by atoms with Crippen LogP contribution in [0.15, 0.2) is 34.1 Å². The van der Waals surface area contributed by atoms with Gasteiger partial charge in [-0.15, -0.1) is 0 Å². The van der Waals surface area contributed by atoms with Gasteiger partial charge in [-0.1, -0.05) is 12.1 Å². The molecule has 0 atom stereocenters. The van der Waals surface area contributed by atoms with Crippen LogP contribution in [0.2, 0.25) is 0 Å². The average molecular weight is 222 g/mol. The number of rotatable bonds is 2. The van der Waals surface area contributed by atoms with Crippen molar-refractivity contribution >= 4 is 20.8 Å². The van der Waals surface area contributed by atoms with E-state index >= 15 is 0 Å². The molecular weight excluding hydrogens is 216 g/mol. The third-order valence-electron chi connectivity index (χ3n) is 1.34. The molecule has 0 amide bonds. The number of benzene rings is 1. The Hall–Kier alpha value is -0.920. The molecule has 0 aliphatic carbocycles. The second kappa shape index (κ2) is 3.44. The Bertz CT molecular complexity index is 478. The molecule has 0 spiro atoms. The van der Waals surface area contributed by atoms with Gasteiger partial charge in [-0.3, -0.25) is 4.55 Å². The van der Waals surface area contributed by atoms with Crippen LogP contribution in [0, 0.1) is 0 Å². The average Bonchev–Trinajstić information content (AvgIpc) is 2.03. The van der Waals surface area contributed by atoms with Crippen LogP contribution >= 0.6 is 0 Å². The second-order valence-corrected chi connectivity index (χ2v) is 4.59. The van der Waals surface area contributed by atoms with Crippen molar-refractivity contribution in [2.24, 2.45) is 0 Å². The number of thiol groups is 1. The van der Waals surface area contributed by atoms with Crippen molar-refractivity contribution < 1.29 is 21.4 Å². The molecule has 0 saturated carbocycles. The molecule has 0 radical (unpaired) electrons. The number of hydrogen-bond donors (Lipinski definition) is 2. The minimum atomic E-state index is -4.46. The fraction of sp³-hybridized carbons (Fsp3) is 0. The van der Waals surface area contributed by atoms with Crippen LogP contribution in [0.5, 0.6) is 0 Å². The van der Waals surface area contributed by atoms with E-state index in [1.54, 1.807) is 0 Å². The quantitative estimate of drug-likeness (QED) is 0.539. The second-order valence-electron chi connectivity index (χ2n) is 2.20. The molecule has 1 N–H and O–H groups in total. The Balaban J connectivity index is 3.55. The summed E-state index contributed by atoms with van der Waals surface area (Å²) < 4.78 is 51.0. The molecule has 72 valence electrons. The van der Waals surface area contributed by atoms with Gasteiger partial charge in [0.05, 0.1) is 4.90 Å². The van der Waals surface area contributed by atoms with Crippen molar-refractivity contribution in [1.29, 1.82) is 0 Å². The molecule has 7 heteroatoms. The Labute approximate surface area is 76.7 Å². The van der Waals surface area contributed by atoms with Crippen LogP contribution in [0.25, 0.3) is 0 Å². The molecule has 0 bridgehead atoms. The molecule has 0 heterocycles. The third-order valence-corrected chi connectivity index (χ3v) is 3.19.